The Morgan fingerprint density at radius 1 is 1.12 bits per heavy atom. The van der Waals surface area contributed by atoms with Gasteiger partial charge in [-0.1, -0.05) is 54.1 Å². The molecule has 2 aromatic carbocycles. The molecule has 0 radical (unpaired) electrons. The maximum atomic E-state index is 13.1. The number of rotatable bonds is 1. The van der Waals surface area contributed by atoms with E-state index in [2.05, 4.69) is 11.1 Å². The summed E-state index contributed by atoms with van der Waals surface area (Å²) < 4.78 is 0. The van der Waals surface area contributed by atoms with Crippen LogP contribution in [0, 0.1) is 17.2 Å². The third-order valence-electron chi connectivity index (χ3n) is 4.65. The van der Waals surface area contributed by atoms with E-state index in [0.717, 1.165) is 16.2 Å². The van der Waals surface area contributed by atoms with Gasteiger partial charge in [0.1, 0.15) is 5.92 Å². The summed E-state index contributed by atoms with van der Waals surface area (Å²) in [6.45, 7) is 0. The monoisotopic (exact) mass is 364 g/mol. The first-order chi connectivity index (χ1) is 12.2. The van der Waals surface area contributed by atoms with Crippen LogP contribution in [0.5, 0.6) is 0 Å². The smallest absolute Gasteiger partial charge is 0.192 e. The molecule has 2 atom stereocenters. The number of carbonyl (C=O) groups is 1. The number of thioether (sulfide) groups is 1. The lowest BCUT2D eigenvalue weighted by molar-refractivity contribution is 0.103. The molecule has 1 unspecified atom stereocenters. The van der Waals surface area contributed by atoms with Gasteiger partial charge in [-0.2, -0.15) is 5.26 Å². The lowest BCUT2D eigenvalue weighted by Crippen LogP contribution is -2.26. The number of ketones is 1. The SMILES string of the molecule is CSC1=NC2=C(C(=O)c3ccccc32)[C@H](c2ccccc2Cl)C1C#N. The molecule has 0 N–H and O–H groups in total. The van der Waals surface area contributed by atoms with Crippen molar-refractivity contribution in [3.63, 3.8) is 0 Å². The number of halogens is 1. The number of hydrogen-bond donors (Lipinski definition) is 0. The number of Topliss-reactive ketones (excluding diaryl/α,β-unsaturated/α-hetero) is 1. The summed E-state index contributed by atoms with van der Waals surface area (Å²) in [5.41, 5.74) is 3.54. The second-order valence-corrected chi connectivity index (χ2v) is 7.13. The summed E-state index contributed by atoms with van der Waals surface area (Å²) >= 11 is 7.88. The van der Waals surface area contributed by atoms with Crippen molar-refractivity contribution in [1.82, 2.24) is 0 Å². The Balaban J connectivity index is 2.01. The van der Waals surface area contributed by atoms with Gasteiger partial charge in [0.15, 0.2) is 5.78 Å². The van der Waals surface area contributed by atoms with Gasteiger partial charge in [0.2, 0.25) is 0 Å². The molecule has 1 aliphatic heterocycles. The van der Waals surface area contributed by atoms with Crippen LogP contribution in [0.3, 0.4) is 0 Å². The van der Waals surface area contributed by atoms with Crippen molar-refractivity contribution in [2.75, 3.05) is 6.26 Å². The molecule has 122 valence electrons. The van der Waals surface area contributed by atoms with Gasteiger partial charge in [-0.25, -0.2) is 4.99 Å². The molecule has 0 amide bonds. The second kappa shape index (κ2) is 6.18. The summed E-state index contributed by atoms with van der Waals surface area (Å²) in [6, 6.07) is 17.2. The van der Waals surface area contributed by atoms with Crippen LogP contribution in [0.1, 0.15) is 27.4 Å². The molecule has 1 aliphatic carbocycles. The van der Waals surface area contributed by atoms with Gasteiger partial charge in [0.05, 0.1) is 16.8 Å². The predicted octanol–water partition coefficient (Wildman–Crippen LogP) is 4.95. The van der Waals surface area contributed by atoms with E-state index >= 15 is 0 Å². The van der Waals surface area contributed by atoms with E-state index in [1.54, 1.807) is 6.07 Å². The maximum Gasteiger partial charge on any atom is 0.192 e. The quantitative estimate of drug-likeness (QED) is 0.719. The molecule has 4 rings (SSSR count). The standard InChI is InChI=1S/C20H13ClN2OS/c1-25-20-14(10-22)16(13-8-4-5-9-15(13)21)17-18(23-20)11-6-2-3-7-12(11)19(17)24/h2-9,14,16H,1H3/t14?,16-/m1/s1. The summed E-state index contributed by atoms with van der Waals surface area (Å²) in [4.78, 5) is 17.8. The van der Waals surface area contributed by atoms with Crippen LogP contribution in [0.4, 0.5) is 0 Å². The number of benzene rings is 2. The van der Waals surface area contributed by atoms with Crippen LogP contribution in [-0.2, 0) is 0 Å². The van der Waals surface area contributed by atoms with Gasteiger partial charge in [0.25, 0.3) is 0 Å². The van der Waals surface area contributed by atoms with Gasteiger partial charge in [0, 0.05) is 27.6 Å². The van der Waals surface area contributed by atoms with Crippen LogP contribution >= 0.6 is 23.4 Å². The van der Waals surface area contributed by atoms with E-state index in [9.17, 15) is 10.1 Å². The molecule has 5 heteroatoms. The zero-order valence-electron chi connectivity index (χ0n) is 13.4. The number of carbonyl (C=O) groups excluding carboxylic acids is 1. The summed E-state index contributed by atoms with van der Waals surface area (Å²) in [6.07, 6.45) is 1.90. The zero-order valence-corrected chi connectivity index (χ0v) is 14.9. The normalized spacial score (nSPS) is 21.5. The van der Waals surface area contributed by atoms with Crippen molar-refractivity contribution in [3.8, 4) is 6.07 Å². The molecule has 0 saturated carbocycles. The first-order valence-corrected chi connectivity index (χ1v) is 9.42. The summed E-state index contributed by atoms with van der Waals surface area (Å²) in [7, 11) is 0. The van der Waals surface area contributed by atoms with Crippen LogP contribution in [-0.4, -0.2) is 17.1 Å². The molecular weight excluding hydrogens is 352 g/mol. The van der Waals surface area contributed by atoms with E-state index in [-0.39, 0.29) is 5.78 Å². The minimum absolute atomic E-state index is 0.0559. The Labute approximate surface area is 155 Å². The van der Waals surface area contributed by atoms with Crippen molar-refractivity contribution in [1.29, 1.82) is 5.26 Å². The fourth-order valence-corrected chi connectivity index (χ4v) is 4.43. The van der Waals surface area contributed by atoms with Crippen LogP contribution in [0.2, 0.25) is 5.02 Å². The highest BCUT2D eigenvalue weighted by Gasteiger charge is 2.44. The lowest BCUT2D eigenvalue weighted by atomic mass is 9.78. The number of hydrogen-bond acceptors (Lipinski definition) is 4. The summed E-state index contributed by atoms with van der Waals surface area (Å²) in [5, 5.41) is 11.1. The lowest BCUT2D eigenvalue weighted by Gasteiger charge is -2.28. The van der Waals surface area contributed by atoms with Crippen LogP contribution in [0.15, 0.2) is 59.1 Å². The van der Waals surface area contributed by atoms with E-state index in [1.165, 1.54) is 11.8 Å². The van der Waals surface area contributed by atoms with Crippen molar-refractivity contribution in [2.45, 2.75) is 5.92 Å². The largest absolute Gasteiger partial charge is 0.289 e. The Morgan fingerprint density at radius 2 is 1.80 bits per heavy atom. The molecule has 0 spiro atoms. The number of allylic oxidation sites excluding steroid dienone is 1. The van der Waals surface area contributed by atoms with Gasteiger partial charge in [-0.15, -0.1) is 11.8 Å². The number of aliphatic imine (C=N–C) groups is 1. The topological polar surface area (TPSA) is 53.2 Å². The van der Waals surface area contributed by atoms with E-state index in [1.807, 2.05) is 48.7 Å². The van der Waals surface area contributed by atoms with E-state index in [0.29, 0.717) is 21.9 Å². The molecule has 2 aliphatic rings. The fourth-order valence-electron chi connectivity index (χ4n) is 3.55. The average molecular weight is 365 g/mol. The molecule has 3 nitrogen and oxygen atoms in total. The second-order valence-electron chi connectivity index (χ2n) is 5.90. The molecule has 0 fully saturated rings. The first-order valence-electron chi connectivity index (χ1n) is 7.82. The van der Waals surface area contributed by atoms with Crippen molar-refractivity contribution < 1.29 is 4.79 Å². The molecule has 2 aromatic rings. The van der Waals surface area contributed by atoms with Crippen LogP contribution in [0.25, 0.3) is 5.70 Å². The number of nitriles is 1. The van der Waals surface area contributed by atoms with Crippen molar-refractivity contribution in [2.24, 2.45) is 10.9 Å². The van der Waals surface area contributed by atoms with E-state index < -0.39 is 11.8 Å². The van der Waals surface area contributed by atoms with Gasteiger partial charge in [-0.05, 0) is 17.9 Å². The highest BCUT2D eigenvalue weighted by Crippen LogP contribution is 2.49. The Bertz CT molecular complexity index is 1000. The molecule has 0 bridgehead atoms. The van der Waals surface area contributed by atoms with Crippen molar-refractivity contribution >= 4 is 39.9 Å². The molecular formula is C20H13ClN2OS. The van der Waals surface area contributed by atoms with E-state index in [4.69, 9.17) is 11.6 Å². The third kappa shape index (κ3) is 2.35. The highest BCUT2D eigenvalue weighted by atomic mass is 35.5. The fraction of sp³-hybridized carbons (Fsp3) is 0.150. The minimum atomic E-state index is -0.521. The van der Waals surface area contributed by atoms with Gasteiger partial charge < -0.3 is 0 Å². The number of nitrogens with zero attached hydrogens (tertiary/aromatic N) is 2. The zero-order chi connectivity index (χ0) is 17.6. The summed E-state index contributed by atoms with van der Waals surface area (Å²) in [5.74, 6) is -0.986. The van der Waals surface area contributed by atoms with Crippen LogP contribution < -0.4 is 0 Å². The Kier molecular flexibility index (Phi) is 3.99. The van der Waals surface area contributed by atoms with Gasteiger partial charge >= 0.3 is 0 Å². The first kappa shape index (κ1) is 16.1. The van der Waals surface area contributed by atoms with Gasteiger partial charge in [-0.3, -0.25) is 4.79 Å². The molecule has 0 saturated heterocycles. The molecule has 0 aromatic heterocycles. The Morgan fingerprint density at radius 3 is 2.48 bits per heavy atom. The Hall–Kier alpha value is -2.35. The third-order valence-corrected chi connectivity index (χ3v) is 5.76. The maximum absolute atomic E-state index is 13.1. The molecule has 1 heterocycles. The highest BCUT2D eigenvalue weighted by molar-refractivity contribution is 8.13. The molecule has 25 heavy (non-hydrogen) atoms. The van der Waals surface area contributed by atoms with Crippen molar-refractivity contribution in [3.05, 3.63) is 75.8 Å². The average Bonchev–Trinajstić information content (AvgIpc) is 2.93. The predicted molar refractivity (Wildman–Crippen MR) is 102 cm³/mol. The number of fused-ring (bicyclic) bond motifs is 2. The minimum Gasteiger partial charge on any atom is -0.289 e.